The molecule has 0 unspecified atom stereocenters. The smallest absolute Gasteiger partial charge is 0.227 e. The van der Waals surface area contributed by atoms with Crippen LogP contribution in [0.1, 0.15) is 38.7 Å². The Morgan fingerprint density at radius 3 is 2.74 bits per heavy atom. The quantitative estimate of drug-likeness (QED) is 0.795. The van der Waals surface area contributed by atoms with Gasteiger partial charge >= 0.3 is 0 Å². The Bertz CT molecular complexity index is 732. The maximum atomic E-state index is 12.9. The van der Waals surface area contributed by atoms with Crippen molar-refractivity contribution in [3.63, 3.8) is 0 Å². The van der Waals surface area contributed by atoms with Crippen LogP contribution in [-0.2, 0) is 20.7 Å². The van der Waals surface area contributed by atoms with E-state index in [-0.39, 0.29) is 23.9 Å². The van der Waals surface area contributed by atoms with Crippen molar-refractivity contribution in [2.24, 2.45) is 5.92 Å². The van der Waals surface area contributed by atoms with Crippen molar-refractivity contribution in [3.05, 3.63) is 29.8 Å². The number of benzene rings is 1. The molecule has 0 N–H and O–H groups in total. The first-order valence-electron chi connectivity index (χ1n) is 9.85. The molecule has 0 bridgehead atoms. The van der Waals surface area contributed by atoms with E-state index in [4.69, 9.17) is 9.47 Å². The van der Waals surface area contributed by atoms with Crippen LogP contribution >= 0.6 is 0 Å². The molecular weight excluding hydrogens is 344 g/mol. The number of likely N-dealkylation sites (tertiary alicyclic amines) is 1. The van der Waals surface area contributed by atoms with Gasteiger partial charge in [-0.05, 0) is 30.0 Å². The SMILES string of the molecule is COc1ccc(CCC(=O)N2CC[C@@]34OC[C@@H](C(C)C)N3C(=O)C[C@@H]24)cc1. The Hall–Kier alpha value is -2.08. The highest BCUT2D eigenvalue weighted by molar-refractivity contribution is 5.85. The van der Waals surface area contributed by atoms with Gasteiger partial charge < -0.3 is 19.3 Å². The van der Waals surface area contributed by atoms with Gasteiger partial charge in [-0.15, -0.1) is 0 Å². The fourth-order valence-electron chi connectivity index (χ4n) is 4.86. The maximum absolute atomic E-state index is 12.9. The van der Waals surface area contributed by atoms with E-state index in [0.29, 0.717) is 38.3 Å². The summed E-state index contributed by atoms with van der Waals surface area (Å²) in [6, 6.07) is 7.79. The first kappa shape index (κ1) is 18.3. The summed E-state index contributed by atoms with van der Waals surface area (Å²) in [4.78, 5) is 29.4. The molecule has 3 saturated heterocycles. The monoisotopic (exact) mass is 372 g/mol. The summed E-state index contributed by atoms with van der Waals surface area (Å²) in [7, 11) is 1.64. The van der Waals surface area contributed by atoms with Crippen molar-refractivity contribution < 1.29 is 19.1 Å². The Morgan fingerprint density at radius 2 is 2.07 bits per heavy atom. The molecule has 0 radical (unpaired) electrons. The van der Waals surface area contributed by atoms with Gasteiger partial charge in [0.2, 0.25) is 11.8 Å². The molecule has 1 aromatic carbocycles. The van der Waals surface area contributed by atoms with Crippen LogP contribution in [0.3, 0.4) is 0 Å². The Morgan fingerprint density at radius 1 is 1.33 bits per heavy atom. The zero-order chi connectivity index (χ0) is 19.2. The van der Waals surface area contributed by atoms with Crippen LogP contribution in [-0.4, -0.2) is 59.7 Å². The average Bonchev–Trinajstić information content (AvgIpc) is 3.29. The molecule has 1 aromatic rings. The van der Waals surface area contributed by atoms with Crippen LogP contribution in [0.15, 0.2) is 24.3 Å². The lowest BCUT2D eigenvalue weighted by atomic mass is 10.0. The largest absolute Gasteiger partial charge is 0.497 e. The Kier molecular flexibility index (Phi) is 4.62. The second kappa shape index (κ2) is 6.82. The van der Waals surface area contributed by atoms with E-state index >= 15 is 0 Å². The zero-order valence-corrected chi connectivity index (χ0v) is 16.3. The van der Waals surface area contributed by atoms with Gasteiger partial charge in [-0.2, -0.15) is 0 Å². The lowest BCUT2D eigenvalue weighted by molar-refractivity contribution is -0.141. The number of carbonyl (C=O) groups is 2. The molecule has 3 atom stereocenters. The number of methoxy groups -OCH3 is 1. The van der Waals surface area contributed by atoms with Crippen molar-refractivity contribution in [2.45, 2.75) is 57.3 Å². The summed E-state index contributed by atoms with van der Waals surface area (Å²) in [6.07, 6.45) is 2.24. The maximum Gasteiger partial charge on any atom is 0.227 e. The fraction of sp³-hybridized carbons (Fsp3) is 0.619. The molecule has 0 saturated carbocycles. The Labute approximate surface area is 160 Å². The van der Waals surface area contributed by atoms with Crippen molar-refractivity contribution in [3.8, 4) is 5.75 Å². The summed E-state index contributed by atoms with van der Waals surface area (Å²) < 4.78 is 11.4. The molecular formula is C21H28N2O4. The molecule has 6 heteroatoms. The number of hydrogen-bond acceptors (Lipinski definition) is 4. The highest BCUT2D eigenvalue weighted by Crippen LogP contribution is 2.48. The number of rotatable bonds is 5. The highest BCUT2D eigenvalue weighted by atomic mass is 16.5. The van der Waals surface area contributed by atoms with Crippen LogP contribution in [0.5, 0.6) is 5.75 Å². The van der Waals surface area contributed by atoms with E-state index in [1.807, 2.05) is 34.1 Å². The van der Waals surface area contributed by atoms with Gasteiger partial charge in [0.1, 0.15) is 5.75 Å². The molecule has 2 amide bonds. The summed E-state index contributed by atoms with van der Waals surface area (Å²) >= 11 is 0. The predicted octanol–water partition coefficient (Wildman–Crippen LogP) is 2.21. The van der Waals surface area contributed by atoms with Crippen LogP contribution in [0.2, 0.25) is 0 Å². The number of amides is 2. The molecule has 3 aliphatic rings. The number of aryl methyl sites for hydroxylation is 1. The van der Waals surface area contributed by atoms with Crippen molar-refractivity contribution in [1.82, 2.24) is 9.80 Å². The third-order valence-corrected chi connectivity index (χ3v) is 6.36. The molecule has 146 valence electrons. The topological polar surface area (TPSA) is 59.1 Å². The normalized spacial score (nSPS) is 29.4. The molecule has 3 aliphatic heterocycles. The van der Waals surface area contributed by atoms with Crippen LogP contribution in [0.4, 0.5) is 0 Å². The number of nitrogens with zero attached hydrogens (tertiary/aromatic N) is 2. The number of ether oxygens (including phenoxy) is 2. The lowest BCUT2D eigenvalue weighted by Crippen LogP contribution is -2.51. The molecule has 27 heavy (non-hydrogen) atoms. The third kappa shape index (κ3) is 2.90. The second-order valence-electron chi connectivity index (χ2n) is 8.14. The molecule has 0 aromatic heterocycles. The first-order chi connectivity index (χ1) is 13.0. The van der Waals surface area contributed by atoms with E-state index in [1.54, 1.807) is 7.11 Å². The lowest BCUT2D eigenvalue weighted by Gasteiger charge is -2.34. The number of carbonyl (C=O) groups excluding carboxylic acids is 2. The van der Waals surface area contributed by atoms with Crippen molar-refractivity contribution >= 4 is 11.8 Å². The molecule has 4 rings (SSSR count). The van der Waals surface area contributed by atoms with E-state index in [0.717, 1.165) is 17.7 Å². The molecule has 3 fully saturated rings. The Balaban J connectivity index is 1.43. The molecule has 0 aliphatic carbocycles. The molecule has 1 spiro atoms. The third-order valence-electron chi connectivity index (χ3n) is 6.36. The van der Waals surface area contributed by atoms with Crippen LogP contribution < -0.4 is 4.74 Å². The highest BCUT2D eigenvalue weighted by Gasteiger charge is 2.65. The van der Waals surface area contributed by atoms with E-state index in [9.17, 15) is 9.59 Å². The van der Waals surface area contributed by atoms with Crippen molar-refractivity contribution in [1.29, 1.82) is 0 Å². The summed E-state index contributed by atoms with van der Waals surface area (Å²) in [5.41, 5.74) is 0.529. The van der Waals surface area contributed by atoms with Gasteiger partial charge in [-0.1, -0.05) is 26.0 Å². The molecule has 3 heterocycles. The molecule has 6 nitrogen and oxygen atoms in total. The van der Waals surface area contributed by atoms with E-state index in [2.05, 4.69) is 13.8 Å². The van der Waals surface area contributed by atoms with Gasteiger partial charge in [0.15, 0.2) is 5.72 Å². The summed E-state index contributed by atoms with van der Waals surface area (Å²) in [5, 5.41) is 0. The van der Waals surface area contributed by atoms with E-state index < -0.39 is 5.72 Å². The van der Waals surface area contributed by atoms with Gasteiger partial charge in [0.25, 0.3) is 0 Å². The van der Waals surface area contributed by atoms with Crippen LogP contribution in [0.25, 0.3) is 0 Å². The summed E-state index contributed by atoms with van der Waals surface area (Å²) in [6.45, 7) is 5.50. The minimum atomic E-state index is -0.582. The minimum Gasteiger partial charge on any atom is -0.497 e. The van der Waals surface area contributed by atoms with E-state index in [1.165, 1.54) is 0 Å². The van der Waals surface area contributed by atoms with Gasteiger partial charge in [0, 0.05) is 19.4 Å². The minimum absolute atomic E-state index is 0.110. The zero-order valence-electron chi connectivity index (χ0n) is 16.3. The van der Waals surface area contributed by atoms with Gasteiger partial charge in [-0.25, -0.2) is 0 Å². The number of hydrogen-bond donors (Lipinski definition) is 0. The van der Waals surface area contributed by atoms with Crippen LogP contribution in [0, 0.1) is 5.92 Å². The summed E-state index contributed by atoms with van der Waals surface area (Å²) in [5.74, 6) is 1.41. The first-order valence-corrected chi connectivity index (χ1v) is 9.85. The second-order valence-corrected chi connectivity index (χ2v) is 8.14. The average molecular weight is 372 g/mol. The standard InChI is InChI=1S/C21H28N2O4/c1-14(2)17-13-27-21-10-11-22(18(21)12-20(25)23(17)21)19(24)9-6-15-4-7-16(26-3)8-5-15/h4-5,7-8,14,17-18H,6,9-13H2,1-3H3/t17-,18+,21-/m0/s1. The van der Waals surface area contributed by atoms with Gasteiger partial charge in [0.05, 0.1) is 32.2 Å². The predicted molar refractivity (Wildman–Crippen MR) is 100 cm³/mol. The fourth-order valence-corrected chi connectivity index (χ4v) is 4.86. The van der Waals surface area contributed by atoms with Gasteiger partial charge in [-0.3, -0.25) is 9.59 Å². The van der Waals surface area contributed by atoms with Crippen molar-refractivity contribution in [2.75, 3.05) is 20.3 Å².